The lowest BCUT2D eigenvalue weighted by Gasteiger charge is -2.36. The monoisotopic (exact) mass is 346 g/mol. The zero-order chi connectivity index (χ0) is 14.7. The fraction of sp³-hybridized carbons (Fsp3) is 0.312. The molecule has 0 radical (unpaired) electrons. The summed E-state index contributed by atoms with van der Waals surface area (Å²) in [5, 5.41) is 0. The lowest BCUT2D eigenvalue weighted by molar-refractivity contribution is 0.249. The molecule has 1 aliphatic rings. The number of benzene rings is 1. The van der Waals surface area contributed by atoms with Crippen molar-refractivity contribution < 1.29 is 0 Å². The van der Waals surface area contributed by atoms with Gasteiger partial charge in [-0.1, -0.05) is 0 Å². The zero-order valence-electron chi connectivity index (χ0n) is 11.9. The molecule has 0 aliphatic carbocycles. The minimum Gasteiger partial charge on any atom is -0.399 e. The van der Waals surface area contributed by atoms with Crippen LogP contribution in [0.3, 0.4) is 0 Å². The van der Waals surface area contributed by atoms with Crippen molar-refractivity contribution in [2.45, 2.75) is 6.54 Å². The molecule has 1 saturated heterocycles. The van der Waals surface area contributed by atoms with Gasteiger partial charge in [0, 0.05) is 61.0 Å². The summed E-state index contributed by atoms with van der Waals surface area (Å²) in [5.41, 5.74) is 9.07. The van der Waals surface area contributed by atoms with Gasteiger partial charge in [-0.15, -0.1) is 0 Å². The first-order valence-electron chi connectivity index (χ1n) is 7.13. The molecule has 5 heteroatoms. The molecule has 4 nitrogen and oxygen atoms in total. The van der Waals surface area contributed by atoms with Crippen LogP contribution in [0.15, 0.2) is 47.2 Å². The van der Waals surface area contributed by atoms with Gasteiger partial charge in [-0.25, -0.2) is 0 Å². The van der Waals surface area contributed by atoms with Crippen LogP contribution in [0.2, 0.25) is 0 Å². The highest BCUT2D eigenvalue weighted by Gasteiger charge is 2.17. The lowest BCUT2D eigenvalue weighted by atomic mass is 10.2. The van der Waals surface area contributed by atoms with Crippen molar-refractivity contribution in [1.29, 1.82) is 0 Å². The van der Waals surface area contributed by atoms with Gasteiger partial charge in [0.25, 0.3) is 0 Å². The van der Waals surface area contributed by atoms with E-state index in [1.165, 1.54) is 11.3 Å². The third kappa shape index (κ3) is 3.74. The third-order valence-corrected chi connectivity index (χ3v) is 4.23. The Bertz CT molecular complexity index is 591. The van der Waals surface area contributed by atoms with Gasteiger partial charge < -0.3 is 10.6 Å². The highest BCUT2D eigenvalue weighted by molar-refractivity contribution is 9.10. The Morgan fingerprint density at radius 2 is 1.76 bits per heavy atom. The molecule has 21 heavy (non-hydrogen) atoms. The molecular formula is C16H19BrN4. The number of anilines is 2. The van der Waals surface area contributed by atoms with E-state index in [0.717, 1.165) is 42.9 Å². The minimum atomic E-state index is 0.819. The molecule has 0 atom stereocenters. The molecule has 1 aromatic heterocycles. The van der Waals surface area contributed by atoms with Crippen molar-refractivity contribution >= 4 is 27.3 Å². The average Bonchev–Trinajstić information content (AvgIpc) is 2.49. The van der Waals surface area contributed by atoms with Gasteiger partial charge in [-0.05, 0) is 51.8 Å². The molecule has 0 unspecified atom stereocenters. The van der Waals surface area contributed by atoms with E-state index in [-0.39, 0.29) is 0 Å². The number of nitrogens with two attached hydrogens (primary N) is 1. The van der Waals surface area contributed by atoms with Crippen molar-refractivity contribution in [3.63, 3.8) is 0 Å². The van der Waals surface area contributed by atoms with Gasteiger partial charge in [-0.3, -0.25) is 9.88 Å². The topological polar surface area (TPSA) is 45.4 Å². The number of nitrogens with zero attached hydrogens (tertiary/aromatic N) is 3. The third-order valence-electron chi connectivity index (χ3n) is 3.80. The number of rotatable bonds is 3. The summed E-state index contributed by atoms with van der Waals surface area (Å²) in [6.07, 6.45) is 3.76. The molecule has 2 heterocycles. The molecule has 110 valence electrons. The maximum absolute atomic E-state index is 5.74. The molecule has 1 fully saturated rings. The molecule has 1 aromatic carbocycles. The van der Waals surface area contributed by atoms with E-state index >= 15 is 0 Å². The number of aromatic nitrogens is 1. The smallest absolute Gasteiger partial charge is 0.0410 e. The second kappa shape index (κ2) is 6.45. The van der Waals surface area contributed by atoms with Crippen LogP contribution >= 0.6 is 15.9 Å². The Labute approximate surface area is 133 Å². The van der Waals surface area contributed by atoms with Gasteiger partial charge in [0.2, 0.25) is 0 Å². The first kappa shape index (κ1) is 14.4. The van der Waals surface area contributed by atoms with Crippen molar-refractivity contribution in [3.05, 3.63) is 52.8 Å². The van der Waals surface area contributed by atoms with Crippen LogP contribution in [0.1, 0.15) is 5.56 Å². The van der Waals surface area contributed by atoms with E-state index in [0.29, 0.717) is 0 Å². The molecule has 0 saturated carbocycles. The molecule has 0 spiro atoms. The predicted molar refractivity (Wildman–Crippen MR) is 90.3 cm³/mol. The Balaban J connectivity index is 1.56. The zero-order valence-corrected chi connectivity index (χ0v) is 13.5. The van der Waals surface area contributed by atoms with E-state index in [4.69, 9.17) is 5.73 Å². The Kier molecular flexibility index (Phi) is 4.41. The van der Waals surface area contributed by atoms with Crippen LogP contribution in [0.4, 0.5) is 11.4 Å². The molecule has 3 rings (SSSR count). The molecule has 1 aliphatic heterocycles. The fourth-order valence-corrected chi connectivity index (χ4v) is 3.06. The highest BCUT2D eigenvalue weighted by Crippen LogP contribution is 2.19. The van der Waals surface area contributed by atoms with Crippen LogP contribution in [0, 0.1) is 0 Å². The maximum atomic E-state index is 5.74. The quantitative estimate of drug-likeness (QED) is 0.868. The SMILES string of the molecule is Nc1ccc(N2CCN(Cc3cncc(Br)c3)CC2)cc1. The van der Waals surface area contributed by atoms with Crippen LogP contribution < -0.4 is 10.6 Å². The maximum Gasteiger partial charge on any atom is 0.0410 e. The van der Waals surface area contributed by atoms with E-state index in [1.54, 1.807) is 0 Å². The van der Waals surface area contributed by atoms with Gasteiger partial charge in [0.1, 0.15) is 0 Å². The van der Waals surface area contributed by atoms with Crippen molar-refractivity contribution in [2.24, 2.45) is 0 Å². The lowest BCUT2D eigenvalue weighted by Crippen LogP contribution is -2.45. The van der Waals surface area contributed by atoms with Gasteiger partial charge >= 0.3 is 0 Å². The molecular weight excluding hydrogens is 328 g/mol. The van der Waals surface area contributed by atoms with E-state index in [1.807, 2.05) is 24.5 Å². The van der Waals surface area contributed by atoms with E-state index in [9.17, 15) is 0 Å². The number of pyridine rings is 1. The standard InChI is InChI=1S/C16H19BrN4/c17-14-9-13(10-19-11-14)12-20-5-7-21(8-6-20)16-3-1-15(18)2-4-16/h1-4,9-11H,5-8,12,18H2. The van der Waals surface area contributed by atoms with Gasteiger partial charge in [0.15, 0.2) is 0 Å². The molecule has 0 bridgehead atoms. The first-order chi connectivity index (χ1) is 10.2. The second-order valence-corrected chi connectivity index (χ2v) is 6.28. The van der Waals surface area contributed by atoms with Crippen molar-refractivity contribution in [2.75, 3.05) is 36.8 Å². The fourth-order valence-electron chi connectivity index (χ4n) is 2.65. The normalized spacial score (nSPS) is 16.1. The van der Waals surface area contributed by atoms with Crippen LogP contribution in [-0.4, -0.2) is 36.1 Å². The largest absolute Gasteiger partial charge is 0.399 e. The van der Waals surface area contributed by atoms with E-state index < -0.39 is 0 Å². The molecule has 2 N–H and O–H groups in total. The van der Waals surface area contributed by atoms with Crippen molar-refractivity contribution in [1.82, 2.24) is 9.88 Å². The Morgan fingerprint density at radius 1 is 1.05 bits per heavy atom. The number of halogens is 1. The summed E-state index contributed by atoms with van der Waals surface area (Å²) in [5.74, 6) is 0. The summed E-state index contributed by atoms with van der Waals surface area (Å²) in [4.78, 5) is 9.11. The highest BCUT2D eigenvalue weighted by atomic mass is 79.9. The van der Waals surface area contributed by atoms with E-state index in [2.05, 4.69) is 48.9 Å². The van der Waals surface area contributed by atoms with Crippen LogP contribution in [0.25, 0.3) is 0 Å². The van der Waals surface area contributed by atoms with Crippen LogP contribution in [-0.2, 0) is 6.54 Å². The van der Waals surface area contributed by atoms with Gasteiger partial charge in [-0.2, -0.15) is 0 Å². The predicted octanol–water partition coefficient (Wildman–Crippen LogP) is 2.75. The number of nitrogen functional groups attached to an aromatic ring is 1. The first-order valence-corrected chi connectivity index (χ1v) is 7.92. The Morgan fingerprint density at radius 3 is 2.43 bits per heavy atom. The van der Waals surface area contributed by atoms with Gasteiger partial charge in [0.05, 0.1) is 0 Å². The summed E-state index contributed by atoms with van der Waals surface area (Å²) in [7, 11) is 0. The minimum absolute atomic E-state index is 0.819. The van der Waals surface area contributed by atoms with Crippen LogP contribution in [0.5, 0.6) is 0 Å². The summed E-state index contributed by atoms with van der Waals surface area (Å²) >= 11 is 3.47. The van der Waals surface area contributed by atoms with Crippen molar-refractivity contribution in [3.8, 4) is 0 Å². The molecule has 0 amide bonds. The Hall–Kier alpha value is -1.59. The number of hydrogen-bond acceptors (Lipinski definition) is 4. The summed E-state index contributed by atoms with van der Waals surface area (Å²) in [6, 6.07) is 10.3. The average molecular weight is 347 g/mol. The number of hydrogen-bond donors (Lipinski definition) is 1. The number of piperazine rings is 1. The summed E-state index contributed by atoms with van der Waals surface area (Å²) in [6.45, 7) is 5.19. The molecule has 2 aromatic rings. The second-order valence-electron chi connectivity index (χ2n) is 5.37. The summed E-state index contributed by atoms with van der Waals surface area (Å²) < 4.78 is 1.04.